The summed E-state index contributed by atoms with van der Waals surface area (Å²) < 4.78 is 11.0. The predicted molar refractivity (Wildman–Crippen MR) is 121 cm³/mol. The van der Waals surface area contributed by atoms with E-state index in [9.17, 15) is 4.79 Å². The predicted octanol–water partition coefficient (Wildman–Crippen LogP) is 4.78. The molecule has 0 heterocycles. The number of aryl methyl sites for hydroxylation is 2. The van der Waals surface area contributed by atoms with Crippen LogP contribution in [-0.2, 0) is 4.79 Å². The molecule has 6 nitrogen and oxygen atoms in total. The molecule has 0 aliphatic heterocycles. The molecular weight excluding hydrogens is 378 g/mol. The Morgan fingerprint density at radius 3 is 2.17 bits per heavy atom. The van der Waals surface area contributed by atoms with Crippen LogP contribution < -0.4 is 20.2 Å². The van der Waals surface area contributed by atoms with Gasteiger partial charge in [0, 0.05) is 5.69 Å². The standard InChI is InChI=1S/C24H25N3O3/c1-17-4-9-20(10-5-17)26-24(28)16-30-22-13-8-19(14-23(22)29-3)15-25-27-21-11-6-18(2)7-12-21/h4-15,27H,16H2,1-3H3,(H,26,28). The first-order valence-corrected chi connectivity index (χ1v) is 9.56. The van der Waals surface area contributed by atoms with Gasteiger partial charge in [0.15, 0.2) is 18.1 Å². The van der Waals surface area contributed by atoms with Gasteiger partial charge in [-0.05, 0) is 61.9 Å². The van der Waals surface area contributed by atoms with Crippen molar-refractivity contribution in [3.8, 4) is 11.5 Å². The topological polar surface area (TPSA) is 71.9 Å². The zero-order valence-electron chi connectivity index (χ0n) is 17.3. The number of carbonyl (C=O) groups is 1. The van der Waals surface area contributed by atoms with Gasteiger partial charge >= 0.3 is 0 Å². The molecule has 0 radical (unpaired) electrons. The summed E-state index contributed by atoms with van der Waals surface area (Å²) in [5.41, 5.74) is 7.78. The molecular formula is C24H25N3O3. The van der Waals surface area contributed by atoms with Gasteiger partial charge in [-0.25, -0.2) is 0 Å². The van der Waals surface area contributed by atoms with Crippen molar-refractivity contribution >= 4 is 23.5 Å². The lowest BCUT2D eigenvalue weighted by atomic mass is 10.2. The van der Waals surface area contributed by atoms with E-state index >= 15 is 0 Å². The summed E-state index contributed by atoms with van der Waals surface area (Å²) in [5.74, 6) is 0.770. The van der Waals surface area contributed by atoms with E-state index in [0.29, 0.717) is 11.5 Å². The summed E-state index contributed by atoms with van der Waals surface area (Å²) in [5, 5.41) is 7.04. The van der Waals surface area contributed by atoms with E-state index in [2.05, 4.69) is 15.8 Å². The number of amides is 1. The highest BCUT2D eigenvalue weighted by Gasteiger charge is 2.09. The molecule has 0 fully saturated rings. The second-order valence-corrected chi connectivity index (χ2v) is 6.85. The molecule has 0 saturated heterocycles. The van der Waals surface area contributed by atoms with Gasteiger partial charge < -0.3 is 14.8 Å². The molecule has 2 N–H and O–H groups in total. The van der Waals surface area contributed by atoms with Gasteiger partial charge in [-0.15, -0.1) is 0 Å². The number of carbonyl (C=O) groups excluding carboxylic acids is 1. The van der Waals surface area contributed by atoms with Crippen molar-refractivity contribution in [3.05, 3.63) is 83.4 Å². The summed E-state index contributed by atoms with van der Waals surface area (Å²) in [6, 6.07) is 20.9. The van der Waals surface area contributed by atoms with Crippen molar-refractivity contribution in [1.82, 2.24) is 0 Å². The number of ether oxygens (including phenoxy) is 2. The first-order valence-electron chi connectivity index (χ1n) is 9.56. The first-order chi connectivity index (χ1) is 14.5. The minimum atomic E-state index is -0.242. The van der Waals surface area contributed by atoms with Crippen LogP contribution in [0.3, 0.4) is 0 Å². The average molecular weight is 403 g/mol. The first kappa shape index (κ1) is 20.9. The Morgan fingerprint density at radius 1 is 0.900 bits per heavy atom. The third kappa shape index (κ3) is 6.10. The molecule has 0 spiro atoms. The molecule has 30 heavy (non-hydrogen) atoms. The number of hydrogen-bond donors (Lipinski definition) is 2. The van der Waals surface area contributed by atoms with Crippen LogP contribution in [0.25, 0.3) is 0 Å². The summed E-state index contributed by atoms with van der Waals surface area (Å²) >= 11 is 0. The monoisotopic (exact) mass is 403 g/mol. The van der Waals surface area contributed by atoms with Crippen molar-refractivity contribution in [2.45, 2.75) is 13.8 Å². The van der Waals surface area contributed by atoms with Gasteiger partial charge in [0.25, 0.3) is 5.91 Å². The lowest BCUT2D eigenvalue weighted by Crippen LogP contribution is -2.20. The van der Waals surface area contributed by atoms with E-state index < -0.39 is 0 Å². The Labute approximate surface area is 176 Å². The third-order valence-corrected chi connectivity index (χ3v) is 4.34. The minimum Gasteiger partial charge on any atom is -0.493 e. The fourth-order valence-electron chi connectivity index (χ4n) is 2.67. The van der Waals surface area contributed by atoms with Crippen LogP contribution in [0.15, 0.2) is 71.8 Å². The Balaban J connectivity index is 1.56. The molecule has 1 amide bonds. The highest BCUT2D eigenvalue weighted by molar-refractivity contribution is 5.92. The van der Waals surface area contributed by atoms with E-state index in [1.165, 1.54) is 5.56 Å². The smallest absolute Gasteiger partial charge is 0.262 e. The van der Waals surface area contributed by atoms with Crippen LogP contribution in [0.5, 0.6) is 11.5 Å². The van der Waals surface area contributed by atoms with E-state index in [1.54, 1.807) is 25.5 Å². The van der Waals surface area contributed by atoms with Gasteiger partial charge in [-0.3, -0.25) is 10.2 Å². The summed E-state index contributed by atoms with van der Waals surface area (Å²) in [7, 11) is 1.56. The largest absolute Gasteiger partial charge is 0.493 e. The molecule has 0 aliphatic rings. The second-order valence-electron chi connectivity index (χ2n) is 6.85. The summed E-state index contributed by atoms with van der Waals surface area (Å²) in [6.07, 6.45) is 1.69. The zero-order chi connectivity index (χ0) is 21.3. The van der Waals surface area contributed by atoms with Gasteiger partial charge in [0.2, 0.25) is 0 Å². The Bertz CT molecular complexity index is 1010. The van der Waals surface area contributed by atoms with Gasteiger partial charge in [0.05, 0.1) is 19.0 Å². The number of hydrogen-bond acceptors (Lipinski definition) is 5. The Kier molecular flexibility index (Phi) is 7.05. The van der Waals surface area contributed by atoms with E-state index in [-0.39, 0.29) is 12.5 Å². The molecule has 6 heteroatoms. The van der Waals surface area contributed by atoms with E-state index in [1.807, 2.05) is 68.4 Å². The molecule has 0 aliphatic carbocycles. The van der Waals surface area contributed by atoms with Crippen LogP contribution in [-0.4, -0.2) is 25.8 Å². The van der Waals surface area contributed by atoms with Crippen LogP contribution in [0, 0.1) is 13.8 Å². The van der Waals surface area contributed by atoms with Crippen molar-refractivity contribution in [3.63, 3.8) is 0 Å². The highest BCUT2D eigenvalue weighted by Crippen LogP contribution is 2.27. The third-order valence-electron chi connectivity index (χ3n) is 4.34. The lowest BCUT2D eigenvalue weighted by Gasteiger charge is -2.11. The van der Waals surface area contributed by atoms with Gasteiger partial charge in [0.1, 0.15) is 0 Å². The minimum absolute atomic E-state index is 0.118. The van der Waals surface area contributed by atoms with E-state index in [0.717, 1.165) is 22.5 Å². The van der Waals surface area contributed by atoms with Gasteiger partial charge in [-0.2, -0.15) is 5.10 Å². The summed E-state index contributed by atoms with van der Waals surface area (Å²) in [6.45, 7) is 3.91. The average Bonchev–Trinajstić information content (AvgIpc) is 2.75. The fraction of sp³-hybridized carbons (Fsp3) is 0.167. The van der Waals surface area contributed by atoms with Crippen LogP contribution in [0.1, 0.15) is 16.7 Å². The van der Waals surface area contributed by atoms with Crippen LogP contribution in [0.2, 0.25) is 0 Å². The number of anilines is 2. The normalized spacial score (nSPS) is 10.6. The Hall–Kier alpha value is -3.80. The molecule has 0 bridgehead atoms. The lowest BCUT2D eigenvalue weighted by molar-refractivity contribution is -0.118. The van der Waals surface area contributed by atoms with Crippen molar-refractivity contribution in [1.29, 1.82) is 0 Å². The number of nitrogens with one attached hydrogen (secondary N) is 2. The quantitative estimate of drug-likeness (QED) is 0.420. The van der Waals surface area contributed by atoms with Crippen molar-refractivity contribution in [2.75, 3.05) is 24.5 Å². The maximum atomic E-state index is 12.1. The van der Waals surface area contributed by atoms with Crippen LogP contribution >= 0.6 is 0 Å². The number of rotatable bonds is 8. The molecule has 3 aromatic carbocycles. The number of hydrazone groups is 1. The molecule has 3 aromatic rings. The maximum absolute atomic E-state index is 12.1. The van der Waals surface area contributed by atoms with E-state index in [4.69, 9.17) is 9.47 Å². The van der Waals surface area contributed by atoms with Crippen molar-refractivity contribution in [2.24, 2.45) is 5.10 Å². The Morgan fingerprint density at radius 2 is 1.53 bits per heavy atom. The van der Waals surface area contributed by atoms with Crippen LogP contribution in [0.4, 0.5) is 11.4 Å². The fourth-order valence-corrected chi connectivity index (χ4v) is 2.67. The number of methoxy groups -OCH3 is 1. The number of nitrogens with zero attached hydrogens (tertiary/aromatic N) is 1. The SMILES string of the molecule is COc1cc(C=NNc2ccc(C)cc2)ccc1OCC(=O)Nc1ccc(C)cc1. The number of benzene rings is 3. The van der Waals surface area contributed by atoms with Gasteiger partial charge in [-0.1, -0.05) is 35.4 Å². The molecule has 0 saturated carbocycles. The molecule has 0 atom stereocenters. The second kappa shape index (κ2) is 10.1. The van der Waals surface area contributed by atoms with Crippen molar-refractivity contribution < 1.29 is 14.3 Å². The molecule has 0 unspecified atom stereocenters. The molecule has 3 rings (SSSR count). The highest BCUT2D eigenvalue weighted by atomic mass is 16.5. The molecule has 0 aromatic heterocycles. The summed E-state index contributed by atoms with van der Waals surface area (Å²) in [4.78, 5) is 12.1. The zero-order valence-corrected chi connectivity index (χ0v) is 17.3. The molecule has 154 valence electrons. The maximum Gasteiger partial charge on any atom is 0.262 e.